The van der Waals surface area contributed by atoms with Gasteiger partial charge < -0.3 is 15.8 Å². The number of esters is 1. The van der Waals surface area contributed by atoms with Crippen molar-refractivity contribution in [3.63, 3.8) is 0 Å². The van der Waals surface area contributed by atoms with E-state index in [0.717, 1.165) is 5.69 Å². The largest absolute Gasteiger partial charge is 0.462 e. The molecule has 1 aromatic heterocycles. The Morgan fingerprint density at radius 3 is 2.83 bits per heavy atom. The molecule has 0 saturated carbocycles. The number of anilines is 1. The van der Waals surface area contributed by atoms with Crippen LogP contribution in [0.1, 0.15) is 29.9 Å². The van der Waals surface area contributed by atoms with Crippen LogP contribution in [0, 0.1) is 6.92 Å². The minimum Gasteiger partial charge on any atom is -0.462 e. The second kappa shape index (κ2) is 7.06. The summed E-state index contributed by atoms with van der Waals surface area (Å²) in [5.41, 5.74) is 7.95. The number of nitrogens with two attached hydrogens (primary N) is 1. The van der Waals surface area contributed by atoms with E-state index >= 15 is 0 Å². The summed E-state index contributed by atoms with van der Waals surface area (Å²) in [6, 6.07) is 6.54. The Labute approximate surface area is 134 Å². The molecule has 2 aromatic rings. The van der Waals surface area contributed by atoms with E-state index in [9.17, 15) is 9.59 Å². The third-order valence-electron chi connectivity index (χ3n) is 3.28. The SMILES string of the molecule is CCOC(=O)c1cnn(-c2cccc(NC(=O)C(C)N)c2)c1C. The summed E-state index contributed by atoms with van der Waals surface area (Å²) in [5, 5.41) is 6.95. The first-order valence-corrected chi connectivity index (χ1v) is 7.32. The Morgan fingerprint density at radius 2 is 2.17 bits per heavy atom. The first kappa shape index (κ1) is 16.7. The van der Waals surface area contributed by atoms with Gasteiger partial charge in [-0.25, -0.2) is 9.48 Å². The van der Waals surface area contributed by atoms with E-state index in [1.54, 1.807) is 43.7 Å². The molecule has 0 radical (unpaired) electrons. The number of carbonyl (C=O) groups is 2. The number of nitrogens with zero attached hydrogens (tertiary/aromatic N) is 2. The summed E-state index contributed by atoms with van der Waals surface area (Å²) in [5.74, 6) is -0.677. The quantitative estimate of drug-likeness (QED) is 0.817. The van der Waals surface area contributed by atoms with Gasteiger partial charge in [0.15, 0.2) is 0 Å². The third kappa shape index (κ3) is 3.75. The first-order valence-electron chi connectivity index (χ1n) is 7.32. The highest BCUT2D eigenvalue weighted by atomic mass is 16.5. The molecule has 0 aliphatic heterocycles. The fourth-order valence-corrected chi connectivity index (χ4v) is 2.05. The lowest BCUT2D eigenvalue weighted by molar-refractivity contribution is -0.117. The van der Waals surface area contributed by atoms with Gasteiger partial charge in [0.1, 0.15) is 5.56 Å². The van der Waals surface area contributed by atoms with Crippen LogP contribution in [0.5, 0.6) is 0 Å². The predicted molar refractivity (Wildman–Crippen MR) is 86.5 cm³/mol. The lowest BCUT2D eigenvalue weighted by atomic mass is 10.2. The molecule has 0 saturated heterocycles. The summed E-state index contributed by atoms with van der Waals surface area (Å²) >= 11 is 0. The number of rotatable bonds is 5. The number of aromatic nitrogens is 2. The maximum Gasteiger partial charge on any atom is 0.341 e. The zero-order chi connectivity index (χ0) is 17.0. The number of carbonyl (C=O) groups excluding carboxylic acids is 2. The number of benzene rings is 1. The van der Waals surface area contributed by atoms with Crippen molar-refractivity contribution in [3.8, 4) is 5.69 Å². The van der Waals surface area contributed by atoms with Gasteiger partial charge in [-0.05, 0) is 39.0 Å². The summed E-state index contributed by atoms with van der Waals surface area (Å²) in [7, 11) is 0. The van der Waals surface area contributed by atoms with E-state index in [4.69, 9.17) is 10.5 Å². The van der Waals surface area contributed by atoms with Crippen LogP contribution in [-0.4, -0.2) is 34.3 Å². The van der Waals surface area contributed by atoms with Crippen molar-refractivity contribution in [2.75, 3.05) is 11.9 Å². The Balaban J connectivity index is 2.29. The molecule has 122 valence electrons. The molecule has 0 fully saturated rings. The zero-order valence-electron chi connectivity index (χ0n) is 13.4. The normalized spacial score (nSPS) is 11.8. The molecule has 1 atom stereocenters. The first-order chi connectivity index (χ1) is 10.9. The molecule has 23 heavy (non-hydrogen) atoms. The average Bonchev–Trinajstić information content (AvgIpc) is 2.89. The van der Waals surface area contributed by atoms with Gasteiger partial charge in [0, 0.05) is 5.69 Å². The van der Waals surface area contributed by atoms with Gasteiger partial charge in [-0.3, -0.25) is 4.79 Å². The number of amides is 1. The smallest absolute Gasteiger partial charge is 0.341 e. The molecule has 2 rings (SSSR count). The highest BCUT2D eigenvalue weighted by Gasteiger charge is 2.16. The molecule has 0 aliphatic carbocycles. The van der Waals surface area contributed by atoms with Crippen molar-refractivity contribution in [2.24, 2.45) is 5.73 Å². The molecule has 7 nitrogen and oxygen atoms in total. The number of hydrogen-bond donors (Lipinski definition) is 2. The molecule has 1 aromatic carbocycles. The van der Waals surface area contributed by atoms with E-state index in [1.165, 1.54) is 6.20 Å². The second-order valence-electron chi connectivity index (χ2n) is 5.10. The summed E-state index contributed by atoms with van der Waals surface area (Å²) in [4.78, 5) is 23.5. The van der Waals surface area contributed by atoms with Crippen LogP contribution in [0.25, 0.3) is 5.69 Å². The molecular formula is C16H20N4O3. The van der Waals surface area contributed by atoms with Crippen LogP contribution in [0.15, 0.2) is 30.5 Å². The minimum absolute atomic E-state index is 0.272. The van der Waals surface area contributed by atoms with E-state index in [1.807, 2.05) is 6.07 Å². The maximum atomic E-state index is 11.9. The fourth-order valence-electron chi connectivity index (χ4n) is 2.05. The topological polar surface area (TPSA) is 99.2 Å². The Morgan fingerprint density at radius 1 is 1.43 bits per heavy atom. The molecule has 1 unspecified atom stereocenters. The van der Waals surface area contributed by atoms with Gasteiger partial charge in [-0.2, -0.15) is 5.10 Å². The number of ether oxygens (including phenoxy) is 1. The molecule has 3 N–H and O–H groups in total. The minimum atomic E-state index is -0.597. The van der Waals surface area contributed by atoms with Crippen LogP contribution < -0.4 is 11.1 Å². The molecule has 7 heteroatoms. The van der Waals surface area contributed by atoms with E-state index in [0.29, 0.717) is 23.6 Å². The van der Waals surface area contributed by atoms with Gasteiger partial charge in [-0.15, -0.1) is 0 Å². The Bertz CT molecular complexity index is 722. The summed E-state index contributed by atoms with van der Waals surface area (Å²) < 4.78 is 6.62. The third-order valence-corrected chi connectivity index (χ3v) is 3.28. The van der Waals surface area contributed by atoms with Crippen LogP contribution in [0.4, 0.5) is 5.69 Å². The molecule has 1 heterocycles. The molecule has 1 amide bonds. The van der Waals surface area contributed by atoms with E-state index < -0.39 is 12.0 Å². The maximum absolute atomic E-state index is 11.9. The van der Waals surface area contributed by atoms with Crippen LogP contribution in [0.2, 0.25) is 0 Å². The van der Waals surface area contributed by atoms with Crippen LogP contribution in [0.3, 0.4) is 0 Å². The van der Waals surface area contributed by atoms with Crippen molar-refractivity contribution in [2.45, 2.75) is 26.8 Å². The molecule has 0 spiro atoms. The number of hydrogen-bond acceptors (Lipinski definition) is 5. The number of nitrogens with one attached hydrogen (secondary N) is 1. The van der Waals surface area contributed by atoms with Gasteiger partial charge in [0.2, 0.25) is 5.91 Å². The summed E-state index contributed by atoms with van der Waals surface area (Å²) in [6.45, 7) is 5.46. The average molecular weight is 316 g/mol. The Hall–Kier alpha value is -2.67. The monoisotopic (exact) mass is 316 g/mol. The van der Waals surface area contributed by atoms with Crippen molar-refractivity contribution in [1.82, 2.24) is 9.78 Å². The Kier molecular flexibility index (Phi) is 5.13. The lowest BCUT2D eigenvalue weighted by Crippen LogP contribution is -2.32. The fraction of sp³-hybridized carbons (Fsp3) is 0.312. The molecule has 0 bridgehead atoms. The second-order valence-corrected chi connectivity index (χ2v) is 5.10. The van der Waals surface area contributed by atoms with Crippen molar-refractivity contribution < 1.29 is 14.3 Å². The van der Waals surface area contributed by atoms with Crippen LogP contribution >= 0.6 is 0 Å². The van der Waals surface area contributed by atoms with Crippen LogP contribution in [-0.2, 0) is 9.53 Å². The van der Waals surface area contributed by atoms with Gasteiger partial charge in [0.05, 0.1) is 30.2 Å². The standard InChI is InChI=1S/C16H20N4O3/c1-4-23-16(22)14-9-18-20(11(14)3)13-7-5-6-12(8-13)19-15(21)10(2)17/h5-10H,4,17H2,1-3H3,(H,19,21). The van der Waals surface area contributed by atoms with E-state index in [2.05, 4.69) is 10.4 Å². The van der Waals surface area contributed by atoms with Crippen molar-refractivity contribution in [1.29, 1.82) is 0 Å². The highest BCUT2D eigenvalue weighted by Crippen LogP contribution is 2.18. The highest BCUT2D eigenvalue weighted by molar-refractivity contribution is 5.94. The molecular weight excluding hydrogens is 296 g/mol. The van der Waals surface area contributed by atoms with Crippen molar-refractivity contribution in [3.05, 3.63) is 41.7 Å². The van der Waals surface area contributed by atoms with Gasteiger partial charge in [0.25, 0.3) is 0 Å². The zero-order valence-corrected chi connectivity index (χ0v) is 13.4. The lowest BCUT2D eigenvalue weighted by Gasteiger charge is -2.10. The summed E-state index contributed by atoms with van der Waals surface area (Å²) in [6.07, 6.45) is 1.47. The predicted octanol–water partition coefficient (Wildman–Crippen LogP) is 1.64. The van der Waals surface area contributed by atoms with Gasteiger partial charge >= 0.3 is 5.97 Å². The molecule has 0 aliphatic rings. The van der Waals surface area contributed by atoms with Gasteiger partial charge in [-0.1, -0.05) is 6.07 Å². The van der Waals surface area contributed by atoms with E-state index in [-0.39, 0.29) is 5.91 Å². The van der Waals surface area contributed by atoms with Crippen molar-refractivity contribution >= 4 is 17.6 Å².